The molecule has 96 valence electrons. The molecule has 1 rings (SSSR count). The third-order valence-electron chi connectivity index (χ3n) is 2.38. The van der Waals surface area contributed by atoms with Crippen LogP contribution in [-0.4, -0.2) is 44.1 Å². The fourth-order valence-electron chi connectivity index (χ4n) is 1.48. The molecule has 0 saturated heterocycles. The average molecular weight is 244 g/mol. The molecule has 1 aliphatic rings. The highest BCUT2D eigenvalue weighted by molar-refractivity contribution is 5.82. The molecule has 0 bridgehead atoms. The topological polar surface area (TPSA) is 40.0 Å². The molecule has 4 nitrogen and oxygen atoms in total. The maximum absolute atomic E-state index is 4.27. The van der Waals surface area contributed by atoms with Gasteiger partial charge in [-0.05, 0) is 37.8 Å². The number of nitrogens with one attached hydrogen (secondary N) is 1. The Bertz CT molecular complexity index is 435. The number of aliphatic imine (C=N–C) groups is 2. The van der Waals surface area contributed by atoms with Crippen LogP contribution in [-0.2, 0) is 0 Å². The number of nitrogens with zero attached hydrogens (tertiary/aromatic N) is 3. The van der Waals surface area contributed by atoms with E-state index in [2.05, 4.69) is 32.1 Å². The molecule has 0 amide bonds. The van der Waals surface area contributed by atoms with Crippen molar-refractivity contribution >= 4 is 12.1 Å². The van der Waals surface area contributed by atoms with Crippen molar-refractivity contribution in [2.75, 3.05) is 27.2 Å². The molecule has 1 N–H and O–H groups in total. The third-order valence-corrected chi connectivity index (χ3v) is 2.38. The maximum atomic E-state index is 4.27. The summed E-state index contributed by atoms with van der Waals surface area (Å²) in [6.45, 7) is 3.65. The first-order valence-corrected chi connectivity index (χ1v) is 5.92. The Labute approximate surface area is 109 Å². The summed E-state index contributed by atoms with van der Waals surface area (Å²) in [6, 6.07) is 0. The van der Waals surface area contributed by atoms with Crippen molar-refractivity contribution in [3.63, 3.8) is 0 Å². The van der Waals surface area contributed by atoms with Gasteiger partial charge in [0.1, 0.15) is 5.84 Å². The van der Waals surface area contributed by atoms with Gasteiger partial charge in [-0.2, -0.15) is 0 Å². The summed E-state index contributed by atoms with van der Waals surface area (Å²) in [5, 5.41) is 3.14. The lowest BCUT2D eigenvalue weighted by Gasteiger charge is -2.21. The van der Waals surface area contributed by atoms with Crippen LogP contribution in [0.5, 0.6) is 0 Å². The third kappa shape index (κ3) is 4.95. The van der Waals surface area contributed by atoms with Gasteiger partial charge < -0.3 is 10.2 Å². The van der Waals surface area contributed by atoms with Crippen LogP contribution in [0.1, 0.15) is 6.92 Å². The summed E-state index contributed by atoms with van der Waals surface area (Å²) in [4.78, 5) is 10.2. The monoisotopic (exact) mass is 244 g/mol. The van der Waals surface area contributed by atoms with E-state index < -0.39 is 0 Å². The smallest absolute Gasteiger partial charge is 0.105 e. The van der Waals surface area contributed by atoms with E-state index in [1.807, 2.05) is 32.3 Å². The highest BCUT2D eigenvalue weighted by atomic mass is 15.2. The van der Waals surface area contributed by atoms with Gasteiger partial charge in [-0.15, -0.1) is 5.73 Å². The summed E-state index contributed by atoms with van der Waals surface area (Å²) in [5.41, 5.74) is 4.23. The molecule has 0 aromatic rings. The van der Waals surface area contributed by atoms with Crippen LogP contribution in [0, 0.1) is 0 Å². The molecule has 0 aromatic carbocycles. The van der Waals surface area contributed by atoms with Crippen LogP contribution < -0.4 is 5.32 Å². The molecule has 4 heteroatoms. The first kappa shape index (κ1) is 14.2. The largest absolute Gasteiger partial charge is 0.332 e. The van der Waals surface area contributed by atoms with Crippen molar-refractivity contribution in [1.29, 1.82) is 0 Å². The minimum atomic E-state index is 0.789. The van der Waals surface area contributed by atoms with E-state index in [1.165, 1.54) is 0 Å². The molecule has 0 unspecified atom stereocenters. The molecule has 0 atom stereocenters. The van der Waals surface area contributed by atoms with Gasteiger partial charge in [-0.25, -0.2) is 4.99 Å². The predicted octanol–water partition coefficient (Wildman–Crippen LogP) is 1.75. The minimum Gasteiger partial charge on any atom is -0.332 e. The number of amidine groups is 1. The van der Waals surface area contributed by atoms with Crippen LogP contribution in [0.4, 0.5) is 0 Å². The van der Waals surface area contributed by atoms with Gasteiger partial charge in [-0.1, -0.05) is 0 Å². The van der Waals surface area contributed by atoms with E-state index in [0.717, 1.165) is 24.5 Å². The van der Waals surface area contributed by atoms with Crippen LogP contribution in [0.15, 0.2) is 51.9 Å². The van der Waals surface area contributed by atoms with Crippen LogP contribution in [0.25, 0.3) is 0 Å². The number of rotatable bonds is 5. The number of likely N-dealkylation sites (N-methyl/N-ethyl adjacent to an activating group) is 1. The van der Waals surface area contributed by atoms with Crippen molar-refractivity contribution in [3.8, 4) is 0 Å². The molecule has 0 radical (unpaired) electrons. The normalized spacial score (nSPS) is 15.6. The summed E-state index contributed by atoms with van der Waals surface area (Å²) in [6.07, 6.45) is 11.4. The van der Waals surface area contributed by atoms with Gasteiger partial charge in [-0.3, -0.25) is 4.99 Å². The fraction of sp³-hybridized carbons (Fsp3) is 0.357. The fourth-order valence-corrected chi connectivity index (χ4v) is 1.48. The first-order valence-electron chi connectivity index (χ1n) is 5.92. The molecule has 0 aromatic heterocycles. The molecule has 18 heavy (non-hydrogen) atoms. The van der Waals surface area contributed by atoms with E-state index >= 15 is 0 Å². The van der Waals surface area contributed by atoms with E-state index in [0.29, 0.717) is 0 Å². The van der Waals surface area contributed by atoms with Crippen molar-refractivity contribution in [3.05, 3.63) is 41.9 Å². The highest BCUT2D eigenvalue weighted by Gasteiger charge is 2.05. The lowest BCUT2D eigenvalue weighted by atomic mass is 10.2. The van der Waals surface area contributed by atoms with E-state index in [1.54, 1.807) is 19.3 Å². The first-order chi connectivity index (χ1) is 8.77. The molecular formula is C14H20N4. The molecular weight excluding hydrogens is 224 g/mol. The van der Waals surface area contributed by atoms with Crippen LogP contribution in [0.3, 0.4) is 0 Å². The van der Waals surface area contributed by atoms with Crippen molar-refractivity contribution in [1.82, 2.24) is 10.2 Å². The molecule has 1 aliphatic heterocycles. The summed E-state index contributed by atoms with van der Waals surface area (Å²) in [5.74, 6) is 0.999. The van der Waals surface area contributed by atoms with Gasteiger partial charge >= 0.3 is 0 Å². The summed E-state index contributed by atoms with van der Waals surface area (Å²) >= 11 is 0. The minimum absolute atomic E-state index is 0.789. The Morgan fingerprint density at radius 1 is 1.67 bits per heavy atom. The zero-order valence-electron chi connectivity index (χ0n) is 11.2. The Hall–Kier alpha value is -1.90. The SMILES string of the molecule is CN=CC=C=C/C(=C/N1CC=CN=C1C)CNC. The maximum Gasteiger partial charge on any atom is 0.105 e. The standard InChI is InChI=1S/C14H20N4/c1-13-17-9-6-10-18(13)12-14(11-16-3)7-4-5-8-15-2/h5-9,12,16H,10-11H2,1-3H3/b14-12-,15-8?. The van der Waals surface area contributed by atoms with Crippen LogP contribution in [0.2, 0.25) is 0 Å². The van der Waals surface area contributed by atoms with Gasteiger partial charge in [0.05, 0.1) is 0 Å². The zero-order chi connectivity index (χ0) is 13.2. The second kappa shape index (κ2) is 8.23. The van der Waals surface area contributed by atoms with Crippen molar-refractivity contribution in [2.24, 2.45) is 9.98 Å². The van der Waals surface area contributed by atoms with Crippen LogP contribution >= 0.6 is 0 Å². The van der Waals surface area contributed by atoms with E-state index in [9.17, 15) is 0 Å². The Kier molecular flexibility index (Phi) is 6.47. The lowest BCUT2D eigenvalue weighted by Crippen LogP contribution is -2.26. The summed E-state index contributed by atoms with van der Waals surface area (Å²) < 4.78 is 0. The lowest BCUT2D eigenvalue weighted by molar-refractivity contribution is 0.602. The van der Waals surface area contributed by atoms with E-state index in [4.69, 9.17) is 0 Å². The van der Waals surface area contributed by atoms with Gasteiger partial charge in [0.15, 0.2) is 0 Å². The van der Waals surface area contributed by atoms with Crippen molar-refractivity contribution < 1.29 is 0 Å². The van der Waals surface area contributed by atoms with Gasteiger partial charge in [0.25, 0.3) is 0 Å². The van der Waals surface area contributed by atoms with E-state index in [-0.39, 0.29) is 0 Å². The number of hydrogen-bond donors (Lipinski definition) is 1. The van der Waals surface area contributed by atoms with Gasteiger partial charge in [0, 0.05) is 38.8 Å². The summed E-state index contributed by atoms with van der Waals surface area (Å²) in [7, 11) is 3.67. The molecule has 0 fully saturated rings. The average Bonchev–Trinajstić information content (AvgIpc) is 2.37. The second-order valence-corrected chi connectivity index (χ2v) is 3.83. The molecule has 0 saturated carbocycles. The molecule has 0 spiro atoms. The number of hydrogen-bond acceptors (Lipinski definition) is 4. The quantitative estimate of drug-likeness (QED) is 0.455. The molecule has 1 heterocycles. The highest BCUT2D eigenvalue weighted by Crippen LogP contribution is 2.05. The molecule has 0 aliphatic carbocycles. The van der Waals surface area contributed by atoms with Crippen molar-refractivity contribution in [2.45, 2.75) is 6.92 Å². The Morgan fingerprint density at radius 2 is 2.50 bits per heavy atom. The zero-order valence-corrected chi connectivity index (χ0v) is 11.2. The Balaban J connectivity index is 2.81. The van der Waals surface area contributed by atoms with Gasteiger partial charge in [0.2, 0.25) is 0 Å². The Morgan fingerprint density at radius 3 is 3.17 bits per heavy atom. The second-order valence-electron chi connectivity index (χ2n) is 3.83. The predicted molar refractivity (Wildman–Crippen MR) is 78.0 cm³/mol.